The number of benzene rings is 3. The number of Topliss-reactive ketones (excluding diaryl/α,β-unsaturated/α-hetero) is 1. The SMILES string of the molecule is O=C(C[n+]1cccc2c3ccccc3ccc21)c1cccc([N+](=O)[O-])c1. The molecule has 0 N–H and O–H groups in total. The van der Waals surface area contributed by atoms with E-state index in [2.05, 4.69) is 12.1 Å². The Morgan fingerprint density at radius 2 is 1.73 bits per heavy atom. The highest BCUT2D eigenvalue weighted by Crippen LogP contribution is 2.23. The third-order valence-electron chi connectivity index (χ3n) is 4.48. The second-order valence-corrected chi connectivity index (χ2v) is 6.09. The summed E-state index contributed by atoms with van der Waals surface area (Å²) in [6.45, 7) is 0.122. The van der Waals surface area contributed by atoms with E-state index in [9.17, 15) is 14.9 Å². The van der Waals surface area contributed by atoms with Crippen LogP contribution in [0, 0.1) is 10.1 Å². The van der Waals surface area contributed by atoms with Crippen molar-refractivity contribution in [3.8, 4) is 0 Å². The van der Waals surface area contributed by atoms with E-state index in [1.54, 1.807) is 6.07 Å². The largest absolute Gasteiger partial charge is 0.287 e. The Labute approximate surface area is 149 Å². The lowest BCUT2D eigenvalue weighted by atomic mass is 10.0. The van der Waals surface area contributed by atoms with Crippen LogP contribution < -0.4 is 4.57 Å². The van der Waals surface area contributed by atoms with Crippen LogP contribution in [-0.2, 0) is 6.54 Å². The van der Waals surface area contributed by atoms with Gasteiger partial charge in [-0.3, -0.25) is 14.9 Å². The maximum Gasteiger partial charge on any atom is 0.270 e. The van der Waals surface area contributed by atoms with Crippen LogP contribution in [-0.4, -0.2) is 10.7 Å². The summed E-state index contributed by atoms with van der Waals surface area (Å²) in [5.74, 6) is -0.167. The van der Waals surface area contributed by atoms with Crippen LogP contribution in [0.4, 0.5) is 5.69 Å². The third-order valence-corrected chi connectivity index (χ3v) is 4.48. The first kappa shape index (κ1) is 15.9. The van der Waals surface area contributed by atoms with Gasteiger partial charge in [0.2, 0.25) is 17.8 Å². The van der Waals surface area contributed by atoms with Crippen LogP contribution in [0.1, 0.15) is 10.4 Å². The highest BCUT2D eigenvalue weighted by molar-refractivity contribution is 6.05. The summed E-state index contributed by atoms with van der Waals surface area (Å²) in [6.07, 6.45) is 1.85. The monoisotopic (exact) mass is 343 g/mol. The maximum absolute atomic E-state index is 12.7. The normalized spacial score (nSPS) is 10.9. The Hall–Kier alpha value is -3.60. The molecule has 0 radical (unpaired) electrons. The number of hydrogen-bond donors (Lipinski definition) is 0. The number of ketones is 1. The third kappa shape index (κ3) is 2.80. The average molecular weight is 343 g/mol. The fraction of sp³-hybridized carbons (Fsp3) is 0.0476. The minimum Gasteiger partial charge on any atom is -0.287 e. The Kier molecular flexibility index (Phi) is 3.89. The molecule has 0 amide bonds. The molecule has 4 rings (SSSR count). The van der Waals surface area contributed by atoms with Gasteiger partial charge < -0.3 is 0 Å². The Bertz CT molecular complexity index is 1170. The molecular formula is C21H15N2O3+. The van der Waals surface area contributed by atoms with Crippen LogP contribution in [0.2, 0.25) is 0 Å². The lowest BCUT2D eigenvalue weighted by molar-refractivity contribution is -0.657. The van der Waals surface area contributed by atoms with Gasteiger partial charge in [-0.1, -0.05) is 36.4 Å². The van der Waals surface area contributed by atoms with Gasteiger partial charge in [0.1, 0.15) is 0 Å². The van der Waals surface area contributed by atoms with E-state index in [4.69, 9.17) is 0 Å². The van der Waals surface area contributed by atoms with Crippen molar-refractivity contribution in [3.63, 3.8) is 0 Å². The lowest BCUT2D eigenvalue weighted by Gasteiger charge is -2.04. The second kappa shape index (κ2) is 6.37. The summed E-state index contributed by atoms with van der Waals surface area (Å²) in [4.78, 5) is 23.1. The summed E-state index contributed by atoms with van der Waals surface area (Å²) in [6, 6.07) is 21.9. The van der Waals surface area contributed by atoms with Crippen molar-refractivity contribution >= 4 is 33.1 Å². The molecule has 0 spiro atoms. The van der Waals surface area contributed by atoms with Gasteiger partial charge in [-0.05, 0) is 22.9 Å². The number of fused-ring (bicyclic) bond motifs is 3. The number of pyridine rings is 1. The van der Waals surface area contributed by atoms with E-state index < -0.39 is 4.92 Å². The van der Waals surface area contributed by atoms with Crippen molar-refractivity contribution in [1.82, 2.24) is 0 Å². The molecule has 0 atom stereocenters. The van der Waals surface area contributed by atoms with Gasteiger partial charge in [0.05, 0.1) is 10.3 Å². The fourth-order valence-electron chi connectivity index (χ4n) is 3.21. The fourth-order valence-corrected chi connectivity index (χ4v) is 3.21. The van der Waals surface area contributed by atoms with E-state index in [-0.39, 0.29) is 18.0 Å². The number of nitrogens with zero attached hydrogens (tertiary/aromatic N) is 2. The number of rotatable bonds is 4. The molecule has 0 bridgehead atoms. The topological polar surface area (TPSA) is 64.1 Å². The molecule has 5 nitrogen and oxygen atoms in total. The molecule has 4 aromatic rings. The van der Waals surface area contributed by atoms with E-state index >= 15 is 0 Å². The minimum absolute atomic E-state index is 0.0789. The molecule has 0 saturated carbocycles. The molecule has 0 saturated heterocycles. The highest BCUT2D eigenvalue weighted by Gasteiger charge is 2.18. The molecular weight excluding hydrogens is 328 g/mol. The van der Waals surface area contributed by atoms with E-state index in [0.717, 1.165) is 21.7 Å². The van der Waals surface area contributed by atoms with Crippen molar-refractivity contribution in [2.24, 2.45) is 0 Å². The first-order chi connectivity index (χ1) is 12.6. The molecule has 5 heteroatoms. The molecule has 26 heavy (non-hydrogen) atoms. The Morgan fingerprint density at radius 3 is 2.58 bits per heavy atom. The number of carbonyl (C=O) groups is 1. The summed E-state index contributed by atoms with van der Waals surface area (Å²) < 4.78 is 1.88. The van der Waals surface area contributed by atoms with Gasteiger partial charge in [0.15, 0.2) is 6.20 Å². The molecule has 3 aromatic carbocycles. The smallest absolute Gasteiger partial charge is 0.270 e. The second-order valence-electron chi connectivity index (χ2n) is 6.09. The number of hydrogen-bond acceptors (Lipinski definition) is 3. The van der Waals surface area contributed by atoms with Crippen LogP contribution in [0.15, 0.2) is 79.0 Å². The molecule has 1 heterocycles. The average Bonchev–Trinajstić information content (AvgIpc) is 2.68. The van der Waals surface area contributed by atoms with Gasteiger partial charge in [-0.25, -0.2) is 0 Å². The molecule has 126 valence electrons. The van der Waals surface area contributed by atoms with Crippen LogP contribution in [0.25, 0.3) is 21.7 Å². The van der Waals surface area contributed by atoms with Crippen molar-refractivity contribution < 1.29 is 14.3 Å². The zero-order chi connectivity index (χ0) is 18.1. The zero-order valence-corrected chi connectivity index (χ0v) is 13.8. The standard InChI is InChI=1S/C21H15N2O3/c24-21(16-6-3-7-17(13-16)23(25)26)14-22-12-4-9-19-18-8-2-1-5-15(18)10-11-20(19)22/h1-13H,14H2/q+1. The van der Waals surface area contributed by atoms with E-state index in [1.807, 2.05) is 47.2 Å². The van der Waals surface area contributed by atoms with Gasteiger partial charge >= 0.3 is 0 Å². The van der Waals surface area contributed by atoms with E-state index in [1.165, 1.54) is 18.2 Å². The molecule has 0 aliphatic heterocycles. The van der Waals surface area contributed by atoms with Crippen LogP contribution in [0.3, 0.4) is 0 Å². The Morgan fingerprint density at radius 1 is 0.923 bits per heavy atom. The van der Waals surface area contributed by atoms with Crippen molar-refractivity contribution in [3.05, 3.63) is 94.7 Å². The summed E-state index contributed by atoms with van der Waals surface area (Å²) in [5, 5.41) is 14.3. The number of non-ortho nitro benzene ring substituents is 1. The lowest BCUT2D eigenvalue weighted by Crippen LogP contribution is -2.38. The molecule has 0 aliphatic rings. The van der Waals surface area contributed by atoms with Gasteiger partial charge in [0.25, 0.3) is 5.69 Å². The molecule has 0 unspecified atom stereocenters. The number of nitro benzene ring substituents is 1. The Balaban J connectivity index is 1.75. The number of aromatic nitrogens is 1. The first-order valence-corrected chi connectivity index (χ1v) is 8.21. The quantitative estimate of drug-likeness (QED) is 0.184. The number of nitro groups is 1. The maximum atomic E-state index is 12.7. The number of carbonyl (C=O) groups excluding carboxylic acids is 1. The minimum atomic E-state index is -0.492. The van der Waals surface area contributed by atoms with Crippen LogP contribution >= 0.6 is 0 Å². The molecule has 1 aromatic heterocycles. The molecule has 0 fully saturated rings. The highest BCUT2D eigenvalue weighted by atomic mass is 16.6. The van der Waals surface area contributed by atoms with Crippen molar-refractivity contribution in [1.29, 1.82) is 0 Å². The van der Waals surface area contributed by atoms with Gasteiger partial charge in [-0.15, -0.1) is 0 Å². The first-order valence-electron chi connectivity index (χ1n) is 8.21. The summed E-state index contributed by atoms with van der Waals surface area (Å²) >= 11 is 0. The van der Waals surface area contributed by atoms with Gasteiger partial charge in [-0.2, -0.15) is 4.57 Å². The van der Waals surface area contributed by atoms with E-state index in [0.29, 0.717) is 5.56 Å². The molecule has 0 aliphatic carbocycles. The summed E-state index contributed by atoms with van der Waals surface area (Å²) in [7, 11) is 0. The zero-order valence-electron chi connectivity index (χ0n) is 13.8. The summed E-state index contributed by atoms with van der Waals surface area (Å²) in [5.41, 5.74) is 1.21. The predicted octanol–water partition coefficient (Wildman–Crippen LogP) is 4.07. The van der Waals surface area contributed by atoms with Gasteiger partial charge in [0, 0.05) is 29.8 Å². The predicted molar refractivity (Wildman–Crippen MR) is 99.1 cm³/mol. The van der Waals surface area contributed by atoms with Crippen LogP contribution in [0.5, 0.6) is 0 Å². The van der Waals surface area contributed by atoms with Crippen molar-refractivity contribution in [2.75, 3.05) is 0 Å². The van der Waals surface area contributed by atoms with Crippen molar-refractivity contribution in [2.45, 2.75) is 6.54 Å².